The number of aryl methyl sites for hydroxylation is 2. The molecule has 0 heterocycles. The zero-order valence-electron chi connectivity index (χ0n) is 11.3. The zero-order valence-corrected chi connectivity index (χ0v) is 12.1. The number of halogens is 1. The summed E-state index contributed by atoms with van der Waals surface area (Å²) >= 11 is 0. The first-order valence-electron chi connectivity index (χ1n) is 6.25. The molecule has 0 fully saturated rings. The van der Waals surface area contributed by atoms with Crippen molar-refractivity contribution < 1.29 is 4.79 Å². The highest BCUT2D eigenvalue weighted by molar-refractivity contribution is 5.93. The first kappa shape index (κ1) is 16.9. The molecule has 1 amide bonds. The molecular weight excluding hydrogens is 248 g/mol. The Morgan fingerprint density at radius 1 is 1.33 bits per heavy atom. The van der Waals surface area contributed by atoms with E-state index >= 15 is 0 Å². The molecule has 102 valence electrons. The number of carbonyl (C=O) groups is 1. The van der Waals surface area contributed by atoms with E-state index in [1.165, 1.54) is 11.1 Å². The van der Waals surface area contributed by atoms with Gasteiger partial charge >= 0.3 is 0 Å². The van der Waals surface area contributed by atoms with Crippen LogP contribution in [0.1, 0.15) is 31.9 Å². The highest BCUT2D eigenvalue weighted by atomic mass is 35.5. The molecule has 0 aromatic heterocycles. The van der Waals surface area contributed by atoms with Crippen LogP contribution in [0.2, 0.25) is 0 Å². The summed E-state index contributed by atoms with van der Waals surface area (Å²) in [6.07, 6.45) is 1.88. The molecule has 1 atom stereocenters. The number of benzene rings is 1. The van der Waals surface area contributed by atoms with Crippen LogP contribution >= 0.6 is 12.4 Å². The highest BCUT2D eigenvalue weighted by Crippen LogP contribution is 2.19. The molecule has 1 unspecified atom stereocenters. The Labute approximate surface area is 116 Å². The van der Waals surface area contributed by atoms with Crippen molar-refractivity contribution in [2.45, 2.75) is 33.6 Å². The van der Waals surface area contributed by atoms with Gasteiger partial charge in [0, 0.05) is 18.2 Å². The molecule has 0 aliphatic carbocycles. The summed E-state index contributed by atoms with van der Waals surface area (Å²) < 4.78 is 0. The van der Waals surface area contributed by atoms with E-state index in [9.17, 15) is 4.79 Å². The van der Waals surface area contributed by atoms with Crippen molar-refractivity contribution in [3.05, 3.63) is 29.3 Å². The van der Waals surface area contributed by atoms with Gasteiger partial charge in [0.2, 0.25) is 5.91 Å². The second-order valence-electron chi connectivity index (χ2n) is 4.32. The minimum Gasteiger partial charge on any atom is -0.330 e. The van der Waals surface area contributed by atoms with Gasteiger partial charge in [0.05, 0.1) is 0 Å². The second kappa shape index (κ2) is 8.11. The van der Waals surface area contributed by atoms with E-state index in [0.29, 0.717) is 6.54 Å². The predicted molar refractivity (Wildman–Crippen MR) is 79.3 cm³/mol. The Balaban J connectivity index is 0.00000289. The van der Waals surface area contributed by atoms with E-state index in [1.54, 1.807) is 0 Å². The third-order valence-electron chi connectivity index (χ3n) is 3.02. The summed E-state index contributed by atoms with van der Waals surface area (Å²) in [5.41, 5.74) is 8.82. The Hall–Kier alpha value is -1.06. The maximum absolute atomic E-state index is 11.8. The fourth-order valence-electron chi connectivity index (χ4n) is 1.63. The van der Waals surface area contributed by atoms with E-state index in [2.05, 4.69) is 37.4 Å². The third kappa shape index (κ3) is 4.31. The summed E-state index contributed by atoms with van der Waals surface area (Å²) in [6, 6.07) is 6.25. The van der Waals surface area contributed by atoms with Gasteiger partial charge in [-0.05, 0) is 30.0 Å². The fourth-order valence-corrected chi connectivity index (χ4v) is 1.63. The van der Waals surface area contributed by atoms with Gasteiger partial charge in [0.15, 0.2) is 0 Å². The second-order valence-corrected chi connectivity index (χ2v) is 4.32. The van der Waals surface area contributed by atoms with Crippen molar-refractivity contribution in [1.82, 2.24) is 0 Å². The first-order chi connectivity index (χ1) is 8.12. The molecule has 0 spiro atoms. The van der Waals surface area contributed by atoms with Gasteiger partial charge in [-0.1, -0.05) is 32.9 Å². The number of nitrogens with two attached hydrogens (primary N) is 1. The van der Waals surface area contributed by atoms with Crippen molar-refractivity contribution in [2.24, 2.45) is 11.7 Å². The highest BCUT2D eigenvalue weighted by Gasteiger charge is 2.12. The van der Waals surface area contributed by atoms with Crippen LogP contribution in [0.25, 0.3) is 0 Å². The zero-order chi connectivity index (χ0) is 12.8. The third-order valence-corrected chi connectivity index (χ3v) is 3.02. The van der Waals surface area contributed by atoms with Crippen LogP contribution in [-0.2, 0) is 17.6 Å². The maximum atomic E-state index is 11.8. The van der Waals surface area contributed by atoms with Crippen LogP contribution in [0.3, 0.4) is 0 Å². The molecule has 0 radical (unpaired) electrons. The minimum atomic E-state index is -0.148. The Morgan fingerprint density at radius 3 is 2.50 bits per heavy atom. The van der Waals surface area contributed by atoms with Crippen molar-refractivity contribution in [3.8, 4) is 0 Å². The van der Waals surface area contributed by atoms with E-state index in [1.807, 2.05) is 6.92 Å². The van der Waals surface area contributed by atoms with Crippen LogP contribution in [0, 0.1) is 5.92 Å². The Kier molecular flexibility index (Phi) is 7.64. The number of rotatable bonds is 5. The molecule has 1 rings (SSSR count). The van der Waals surface area contributed by atoms with Crippen molar-refractivity contribution in [1.29, 1.82) is 0 Å². The van der Waals surface area contributed by atoms with Crippen LogP contribution in [0.5, 0.6) is 0 Å². The smallest absolute Gasteiger partial charge is 0.228 e. The van der Waals surface area contributed by atoms with E-state index < -0.39 is 0 Å². The van der Waals surface area contributed by atoms with Crippen LogP contribution in [-0.4, -0.2) is 12.5 Å². The van der Waals surface area contributed by atoms with E-state index in [-0.39, 0.29) is 24.2 Å². The van der Waals surface area contributed by atoms with E-state index in [0.717, 1.165) is 18.5 Å². The van der Waals surface area contributed by atoms with Gasteiger partial charge in [-0.25, -0.2) is 0 Å². The molecule has 4 heteroatoms. The molecule has 1 aromatic rings. The number of hydrogen-bond acceptors (Lipinski definition) is 2. The van der Waals surface area contributed by atoms with Gasteiger partial charge in [-0.15, -0.1) is 12.4 Å². The molecule has 3 nitrogen and oxygen atoms in total. The number of anilines is 1. The Bertz CT molecular complexity index is 393. The monoisotopic (exact) mass is 270 g/mol. The standard InChI is InChI=1S/C14H22N2O.ClH/c1-4-11-6-7-12(5-2)13(8-11)16-14(17)10(3)9-15;/h6-8,10H,4-5,9,15H2,1-3H3,(H,16,17);1H. The number of carbonyl (C=O) groups excluding carboxylic acids is 1. The van der Waals surface area contributed by atoms with Crippen molar-refractivity contribution in [3.63, 3.8) is 0 Å². The number of nitrogens with one attached hydrogen (secondary N) is 1. The maximum Gasteiger partial charge on any atom is 0.228 e. The van der Waals surface area contributed by atoms with Gasteiger partial charge in [-0.3, -0.25) is 4.79 Å². The summed E-state index contributed by atoms with van der Waals surface area (Å²) in [5.74, 6) is -0.152. The normalized spacial score (nSPS) is 11.6. The summed E-state index contributed by atoms with van der Waals surface area (Å²) in [7, 11) is 0. The fraction of sp³-hybridized carbons (Fsp3) is 0.500. The lowest BCUT2D eigenvalue weighted by Crippen LogP contribution is -2.27. The van der Waals surface area contributed by atoms with Crippen molar-refractivity contribution >= 4 is 24.0 Å². The number of amides is 1. The molecule has 0 saturated carbocycles. The lowest BCUT2D eigenvalue weighted by molar-refractivity contribution is -0.119. The minimum absolute atomic E-state index is 0. The molecule has 18 heavy (non-hydrogen) atoms. The molecule has 0 saturated heterocycles. The summed E-state index contributed by atoms with van der Waals surface area (Å²) in [5, 5.41) is 2.97. The number of hydrogen-bond donors (Lipinski definition) is 2. The molecular formula is C14H23ClN2O. The molecule has 0 aliphatic rings. The van der Waals surface area contributed by atoms with Gasteiger partial charge in [0.1, 0.15) is 0 Å². The van der Waals surface area contributed by atoms with Gasteiger partial charge in [-0.2, -0.15) is 0 Å². The summed E-state index contributed by atoms with van der Waals surface area (Å²) in [6.45, 7) is 6.41. The SMILES string of the molecule is CCc1ccc(CC)c(NC(=O)C(C)CN)c1.Cl. The van der Waals surface area contributed by atoms with Crippen LogP contribution < -0.4 is 11.1 Å². The molecule has 1 aromatic carbocycles. The first-order valence-corrected chi connectivity index (χ1v) is 6.25. The molecule has 0 bridgehead atoms. The largest absolute Gasteiger partial charge is 0.330 e. The van der Waals surface area contributed by atoms with E-state index in [4.69, 9.17) is 5.73 Å². The van der Waals surface area contributed by atoms with Gasteiger partial charge in [0.25, 0.3) is 0 Å². The molecule has 3 N–H and O–H groups in total. The topological polar surface area (TPSA) is 55.1 Å². The Morgan fingerprint density at radius 2 is 2.00 bits per heavy atom. The average molecular weight is 271 g/mol. The van der Waals surface area contributed by atoms with Crippen molar-refractivity contribution in [2.75, 3.05) is 11.9 Å². The lowest BCUT2D eigenvalue weighted by atomic mass is 10.0. The van der Waals surface area contributed by atoms with Gasteiger partial charge < -0.3 is 11.1 Å². The summed E-state index contributed by atoms with van der Waals surface area (Å²) in [4.78, 5) is 11.8. The molecule has 0 aliphatic heterocycles. The quantitative estimate of drug-likeness (QED) is 0.864. The average Bonchev–Trinajstić information content (AvgIpc) is 2.37. The van der Waals surface area contributed by atoms with Crippen LogP contribution in [0.15, 0.2) is 18.2 Å². The predicted octanol–water partition coefficient (Wildman–Crippen LogP) is 2.77. The lowest BCUT2D eigenvalue weighted by Gasteiger charge is -2.14. The van der Waals surface area contributed by atoms with Crippen LogP contribution in [0.4, 0.5) is 5.69 Å².